The van der Waals surface area contributed by atoms with Crippen LogP contribution in [0.1, 0.15) is 38.7 Å². The number of carbonyl (C=O) groups excluding carboxylic acids is 1. The van der Waals surface area contributed by atoms with Gasteiger partial charge in [-0.2, -0.15) is 0 Å². The van der Waals surface area contributed by atoms with E-state index in [1.165, 1.54) is 11.1 Å². The lowest BCUT2D eigenvalue weighted by atomic mass is 10.0. The van der Waals surface area contributed by atoms with Gasteiger partial charge in [-0.25, -0.2) is 0 Å². The highest BCUT2D eigenvalue weighted by molar-refractivity contribution is 5.66. The van der Waals surface area contributed by atoms with Crippen LogP contribution < -0.4 is 0 Å². The lowest BCUT2D eigenvalue weighted by Gasteiger charge is -2.01. The molecule has 1 aromatic carbocycles. The molecule has 2 nitrogen and oxygen atoms in total. The SMILES string of the molecule is C/C(=C\CCc1ccccc1)CCC1OC1(C)C=O. The maximum Gasteiger partial charge on any atom is 0.154 e. The molecule has 1 heterocycles. The lowest BCUT2D eigenvalue weighted by molar-refractivity contribution is -0.111. The molecule has 0 aromatic heterocycles. The molecule has 2 rings (SSSR count). The summed E-state index contributed by atoms with van der Waals surface area (Å²) in [5, 5.41) is 0. The Bertz CT molecular complexity index is 450. The molecule has 1 saturated heterocycles. The van der Waals surface area contributed by atoms with Crippen molar-refractivity contribution >= 4 is 6.29 Å². The second-order valence-electron chi connectivity index (χ2n) is 5.52. The van der Waals surface area contributed by atoms with E-state index in [4.69, 9.17) is 4.74 Å². The van der Waals surface area contributed by atoms with E-state index >= 15 is 0 Å². The van der Waals surface area contributed by atoms with Crippen LogP contribution in [0.4, 0.5) is 0 Å². The maximum absolute atomic E-state index is 10.7. The number of epoxide rings is 1. The van der Waals surface area contributed by atoms with Crippen molar-refractivity contribution < 1.29 is 9.53 Å². The van der Waals surface area contributed by atoms with Crippen LogP contribution in [-0.4, -0.2) is 18.0 Å². The first-order chi connectivity index (χ1) is 9.14. The Balaban J connectivity index is 1.68. The summed E-state index contributed by atoms with van der Waals surface area (Å²) in [5.74, 6) is 0. The summed E-state index contributed by atoms with van der Waals surface area (Å²) in [5.41, 5.74) is 2.27. The average Bonchev–Trinajstić information content (AvgIpc) is 3.09. The summed E-state index contributed by atoms with van der Waals surface area (Å²) in [4.78, 5) is 10.7. The molecule has 1 aliphatic heterocycles. The number of aryl methyl sites for hydroxylation is 1. The van der Waals surface area contributed by atoms with Gasteiger partial charge in [0.15, 0.2) is 6.29 Å². The number of carbonyl (C=O) groups is 1. The Morgan fingerprint density at radius 3 is 2.74 bits per heavy atom. The topological polar surface area (TPSA) is 29.6 Å². The number of benzene rings is 1. The average molecular weight is 258 g/mol. The normalized spacial score (nSPS) is 26.2. The van der Waals surface area contributed by atoms with Gasteiger partial charge >= 0.3 is 0 Å². The minimum Gasteiger partial charge on any atom is -0.358 e. The van der Waals surface area contributed by atoms with Crippen LogP contribution in [0, 0.1) is 0 Å². The first-order valence-electron chi connectivity index (χ1n) is 6.98. The van der Waals surface area contributed by atoms with E-state index in [0.29, 0.717) is 0 Å². The molecular weight excluding hydrogens is 236 g/mol. The van der Waals surface area contributed by atoms with Gasteiger partial charge in [-0.15, -0.1) is 0 Å². The third kappa shape index (κ3) is 4.03. The lowest BCUT2D eigenvalue weighted by Crippen LogP contribution is -2.10. The molecule has 0 spiro atoms. The molecule has 1 aliphatic rings. The summed E-state index contributed by atoms with van der Waals surface area (Å²) in [6.45, 7) is 4.02. The van der Waals surface area contributed by atoms with Crippen LogP contribution in [0.15, 0.2) is 42.0 Å². The number of aldehydes is 1. The minimum absolute atomic E-state index is 0.127. The van der Waals surface area contributed by atoms with Crippen molar-refractivity contribution in [2.75, 3.05) is 0 Å². The van der Waals surface area contributed by atoms with E-state index in [1.54, 1.807) is 0 Å². The molecule has 2 atom stereocenters. The van der Waals surface area contributed by atoms with Crippen molar-refractivity contribution in [3.8, 4) is 0 Å². The van der Waals surface area contributed by atoms with Gasteiger partial charge in [0.25, 0.3) is 0 Å². The number of hydrogen-bond donors (Lipinski definition) is 0. The second kappa shape index (κ2) is 6.16. The van der Waals surface area contributed by atoms with E-state index in [0.717, 1.165) is 32.0 Å². The first-order valence-corrected chi connectivity index (χ1v) is 6.98. The quantitative estimate of drug-likeness (QED) is 0.424. The Kier molecular flexibility index (Phi) is 4.54. The molecule has 19 heavy (non-hydrogen) atoms. The molecule has 2 unspecified atom stereocenters. The summed E-state index contributed by atoms with van der Waals surface area (Å²) in [6.07, 6.45) is 7.48. The smallest absolute Gasteiger partial charge is 0.154 e. The summed E-state index contributed by atoms with van der Waals surface area (Å²) >= 11 is 0. The van der Waals surface area contributed by atoms with Crippen LogP contribution in [-0.2, 0) is 16.0 Å². The molecule has 0 saturated carbocycles. The van der Waals surface area contributed by atoms with E-state index in [1.807, 2.05) is 13.0 Å². The second-order valence-corrected chi connectivity index (χ2v) is 5.52. The summed E-state index contributed by atoms with van der Waals surface area (Å²) in [6, 6.07) is 10.5. The summed E-state index contributed by atoms with van der Waals surface area (Å²) in [7, 11) is 0. The third-order valence-corrected chi connectivity index (χ3v) is 3.78. The number of ether oxygens (including phenoxy) is 1. The van der Waals surface area contributed by atoms with Crippen LogP contribution >= 0.6 is 0 Å². The first kappa shape index (κ1) is 14.0. The molecule has 0 N–H and O–H groups in total. The summed E-state index contributed by atoms with van der Waals surface area (Å²) < 4.78 is 5.38. The largest absolute Gasteiger partial charge is 0.358 e. The van der Waals surface area contributed by atoms with Gasteiger partial charge in [-0.1, -0.05) is 42.0 Å². The zero-order valence-electron chi connectivity index (χ0n) is 11.8. The monoisotopic (exact) mass is 258 g/mol. The highest BCUT2D eigenvalue weighted by atomic mass is 16.6. The number of hydrogen-bond acceptors (Lipinski definition) is 2. The van der Waals surface area contributed by atoms with Gasteiger partial charge in [0.2, 0.25) is 0 Å². The van der Waals surface area contributed by atoms with Gasteiger partial charge in [0, 0.05) is 0 Å². The molecule has 0 aliphatic carbocycles. The van der Waals surface area contributed by atoms with Crippen molar-refractivity contribution in [3.05, 3.63) is 47.5 Å². The fraction of sp³-hybridized carbons (Fsp3) is 0.471. The van der Waals surface area contributed by atoms with E-state index in [9.17, 15) is 4.79 Å². The zero-order chi connectivity index (χ0) is 13.7. The third-order valence-electron chi connectivity index (χ3n) is 3.78. The Morgan fingerprint density at radius 2 is 2.11 bits per heavy atom. The minimum atomic E-state index is -0.496. The van der Waals surface area contributed by atoms with Crippen molar-refractivity contribution in [1.82, 2.24) is 0 Å². The molecule has 0 bridgehead atoms. The highest BCUT2D eigenvalue weighted by Crippen LogP contribution is 2.37. The molecular formula is C17H22O2. The molecule has 2 heteroatoms. The van der Waals surface area contributed by atoms with E-state index in [2.05, 4.69) is 37.3 Å². The van der Waals surface area contributed by atoms with Crippen LogP contribution in [0.25, 0.3) is 0 Å². The van der Waals surface area contributed by atoms with Crippen molar-refractivity contribution in [1.29, 1.82) is 0 Å². The van der Waals surface area contributed by atoms with Gasteiger partial charge in [-0.05, 0) is 45.1 Å². The van der Waals surface area contributed by atoms with Gasteiger partial charge in [0.1, 0.15) is 5.60 Å². The zero-order valence-corrected chi connectivity index (χ0v) is 11.8. The van der Waals surface area contributed by atoms with Crippen molar-refractivity contribution in [2.24, 2.45) is 0 Å². The fourth-order valence-electron chi connectivity index (χ4n) is 2.31. The van der Waals surface area contributed by atoms with Crippen molar-refractivity contribution in [3.63, 3.8) is 0 Å². The predicted octanol–water partition coefficient (Wildman–Crippen LogP) is 3.70. The number of rotatable bonds is 7. The van der Waals surface area contributed by atoms with Gasteiger partial charge in [0.05, 0.1) is 6.10 Å². The van der Waals surface area contributed by atoms with Crippen LogP contribution in [0.3, 0.4) is 0 Å². The Morgan fingerprint density at radius 1 is 1.37 bits per heavy atom. The van der Waals surface area contributed by atoms with E-state index in [-0.39, 0.29) is 6.10 Å². The molecule has 102 valence electrons. The Labute approximate surface area is 115 Å². The Hall–Kier alpha value is -1.41. The molecule has 1 fully saturated rings. The highest BCUT2D eigenvalue weighted by Gasteiger charge is 2.51. The van der Waals surface area contributed by atoms with Crippen LogP contribution in [0.5, 0.6) is 0 Å². The standard InChI is InChI=1S/C17H22O2/c1-14(11-12-16-17(2,13-18)19-16)7-6-10-15-8-4-3-5-9-15/h3-5,7-9,13,16H,6,10-12H2,1-2H3/b14-7+. The maximum atomic E-state index is 10.7. The molecule has 1 aromatic rings. The molecule has 0 radical (unpaired) electrons. The van der Waals surface area contributed by atoms with Gasteiger partial charge in [-0.3, -0.25) is 0 Å². The van der Waals surface area contributed by atoms with E-state index < -0.39 is 5.60 Å². The van der Waals surface area contributed by atoms with Crippen LogP contribution in [0.2, 0.25) is 0 Å². The predicted molar refractivity (Wildman–Crippen MR) is 77.1 cm³/mol. The van der Waals surface area contributed by atoms with Crippen molar-refractivity contribution in [2.45, 2.75) is 51.2 Å². The van der Waals surface area contributed by atoms with Gasteiger partial charge < -0.3 is 9.53 Å². The number of allylic oxidation sites excluding steroid dienone is 2. The fourth-order valence-corrected chi connectivity index (χ4v) is 2.31. The molecule has 0 amide bonds.